The highest BCUT2D eigenvalue weighted by atomic mass is 19.1. The predicted molar refractivity (Wildman–Crippen MR) is 157 cm³/mol. The number of anilines is 1. The molecule has 226 valence electrons. The Hall–Kier alpha value is -4.17. The summed E-state index contributed by atoms with van der Waals surface area (Å²) < 4.78 is 73.4. The Morgan fingerprint density at radius 2 is 1.95 bits per heavy atom. The van der Waals surface area contributed by atoms with Crippen LogP contribution in [0, 0.1) is 29.8 Å². The van der Waals surface area contributed by atoms with Crippen molar-refractivity contribution in [1.29, 1.82) is 0 Å². The van der Waals surface area contributed by atoms with Crippen LogP contribution in [-0.2, 0) is 0 Å². The molecule has 44 heavy (non-hydrogen) atoms. The van der Waals surface area contributed by atoms with Crippen molar-refractivity contribution in [3.63, 3.8) is 0 Å². The molecule has 0 spiro atoms. The third-order valence-electron chi connectivity index (χ3n) is 9.69. The van der Waals surface area contributed by atoms with E-state index >= 15 is 4.39 Å². The maximum absolute atomic E-state index is 16.8. The summed E-state index contributed by atoms with van der Waals surface area (Å²) in [4.78, 5) is 18.1. The van der Waals surface area contributed by atoms with Gasteiger partial charge in [-0.3, -0.25) is 4.90 Å². The minimum absolute atomic E-state index is 0.0169. The molecule has 2 aromatic heterocycles. The van der Waals surface area contributed by atoms with E-state index in [1.807, 2.05) is 0 Å². The highest BCUT2D eigenvalue weighted by molar-refractivity contribution is 6.03. The molecule has 3 fully saturated rings. The van der Waals surface area contributed by atoms with E-state index in [-0.39, 0.29) is 64.3 Å². The smallest absolute Gasteiger partial charge is 0.319 e. The van der Waals surface area contributed by atoms with E-state index in [0.29, 0.717) is 30.7 Å². The van der Waals surface area contributed by atoms with Crippen molar-refractivity contribution in [2.75, 3.05) is 37.7 Å². The van der Waals surface area contributed by atoms with Gasteiger partial charge in [0, 0.05) is 30.5 Å². The standard InChI is InChI=1S/C33H29F4N5O2/c1-2-22-24(36)8-7-18-12-19(34)13-23(25(18)22)28-27(37)29-26-30(42-11-4-3-6-21(42)16-43-31(26)38-28)40-32(39-29)44-17-33-9-5-10-41(33)15-20(35)14-33/h1,7-8,12-13,20-21H,3-6,9-11,14-17H2/t20-,21+,33+/m1/s1. The summed E-state index contributed by atoms with van der Waals surface area (Å²) in [6.07, 6.45) is 9.61. The first kappa shape index (κ1) is 27.4. The lowest BCUT2D eigenvalue weighted by Crippen LogP contribution is -2.44. The summed E-state index contributed by atoms with van der Waals surface area (Å²) >= 11 is 0. The number of hydrogen-bond donors (Lipinski definition) is 0. The SMILES string of the molecule is C#Cc1c(F)ccc2cc(F)cc(-c3nc4c5c(nc(OC[C@@]67CCCN6C[C@H](F)C7)nc5c3F)N3CCCC[C@H]3CO4)c12. The van der Waals surface area contributed by atoms with E-state index in [0.717, 1.165) is 50.8 Å². The van der Waals surface area contributed by atoms with Gasteiger partial charge in [0.15, 0.2) is 5.82 Å². The molecule has 0 saturated carbocycles. The fraction of sp³-hybridized carbons (Fsp3) is 0.424. The largest absolute Gasteiger partial charge is 0.475 e. The Morgan fingerprint density at radius 1 is 1.07 bits per heavy atom. The number of nitrogens with zero attached hydrogens (tertiary/aromatic N) is 5. The summed E-state index contributed by atoms with van der Waals surface area (Å²) in [5.41, 5.74) is -0.977. The Kier molecular flexibility index (Phi) is 6.34. The van der Waals surface area contributed by atoms with E-state index in [1.54, 1.807) is 0 Å². The molecule has 0 unspecified atom stereocenters. The van der Waals surface area contributed by atoms with Crippen LogP contribution in [0.3, 0.4) is 0 Å². The van der Waals surface area contributed by atoms with Crippen molar-refractivity contribution < 1.29 is 27.0 Å². The number of aromatic nitrogens is 3. The van der Waals surface area contributed by atoms with Crippen molar-refractivity contribution in [3.05, 3.63) is 47.3 Å². The number of benzene rings is 2. The number of alkyl halides is 1. The molecule has 7 nitrogen and oxygen atoms in total. The number of pyridine rings is 1. The Balaban J connectivity index is 1.33. The van der Waals surface area contributed by atoms with E-state index in [1.165, 1.54) is 12.1 Å². The predicted octanol–water partition coefficient (Wildman–Crippen LogP) is 5.95. The molecule has 0 bridgehead atoms. The maximum Gasteiger partial charge on any atom is 0.319 e. The Labute approximate surface area is 251 Å². The number of halogens is 4. The fourth-order valence-electron chi connectivity index (χ4n) is 7.67. The molecule has 3 saturated heterocycles. The Morgan fingerprint density at radius 3 is 2.82 bits per heavy atom. The monoisotopic (exact) mass is 603 g/mol. The first-order valence-electron chi connectivity index (χ1n) is 15.1. The van der Waals surface area contributed by atoms with E-state index in [9.17, 15) is 13.2 Å². The van der Waals surface area contributed by atoms with Crippen LogP contribution in [0.25, 0.3) is 32.9 Å². The third-order valence-corrected chi connectivity index (χ3v) is 9.69. The van der Waals surface area contributed by atoms with Crippen LogP contribution in [0.4, 0.5) is 23.4 Å². The minimum atomic E-state index is -0.931. The van der Waals surface area contributed by atoms with Crippen molar-refractivity contribution in [2.45, 2.75) is 56.3 Å². The van der Waals surface area contributed by atoms with Crippen LogP contribution >= 0.6 is 0 Å². The number of hydrogen-bond acceptors (Lipinski definition) is 7. The minimum Gasteiger partial charge on any atom is -0.475 e. The van der Waals surface area contributed by atoms with Gasteiger partial charge in [0.1, 0.15) is 53.4 Å². The van der Waals surface area contributed by atoms with Crippen molar-refractivity contribution in [3.8, 4) is 35.5 Å². The average Bonchev–Trinajstić information content (AvgIpc) is 3.49. The lowest BCUT2D eigenvalue weighted by Gasteiger charge is -2.35. The normalized spacial score (nSPS) is 24.6. The van der Waals surface area contributed by atoms with Crippen LogP contribution < -0.4 is 14.4 Å². The van der Waals surface area contributed by atoms with E-state index < -0.39 is 29.2 Å². The zero-order chi connectivity index (χ0) is 30.2. The van der Waals surface area contributed by atoms with Crippen LogP contribution in [0.1, 0.15) is 44.1 Å². The topological polar surface area (TPSA) is 63.6 Å². The highest BCUT2D eigenvalue weighted by Crippen LogP contribution is 2.44. The van der Waals surface area contributed by atoms with Crippen molar-refractivity contribution in [1.82, 2.24) is 19.9 Å². The third kappa shape index (κ3) is 4.18. The number of ether oxygens (including phenoxy) is 2. The zero-order valence-corrected chi connectivity index (χ0v) is 23.9. The second-order valence-corrected chi connectivity index (χ2v) is 12.3. The number of fused-ring (bicyclic) bond motifs is 4. The average molecular weight is 604 g/mol. The van der Waals surface area contributed by atoms with Gasteiger partial charge in [-0.25, -0.2) is 22.5 Å². The summed E-state index contributed by atoms with van der Waals surface area (Å²) in [6, 6.07) is 4.78. The summed E-state index contributed by atoms with van der Waals surface area (Å²) in [6.45, 7) is 2.31. The maximum atomic E-state index is 16.8. The summed E-state index contributed by atoms with van der Waals surface area (Å²) in [5, 5.41) is 0.749. The molecular weight excluding hydrogens is 574 g/mol. The van der Waals surface area contributed by atoms with Crippen LogP contribution in [0.2, 0.25) is 0 Å². The number of rotatable bonds is 4. The van der Waals surface area contributed by atoms with Gasteiger partial charge < -0.3 is 14.4 Å². The summed E-state index contributed by atoms with van der Waals surface area (Å²) in [7, 11) is 0. The highest BCUT2D eigenvalue weighted by Gasteiger charge is 2.49. The lowest BCUT2D eigenvalue weighted by molar-refractivity contribution is 0.107. The molecule has 0 amide bonds. The van der Waals surface area contributed by atoms with Crippen LogP contribution in [-0.4, -0.2) is 70.5 Å². The quantitative estimate of drug-likeness (QED) is 0.211. The van der Waals surface area contributed by atoms with E-state index in [4.69, 9.17) is 20.9 Å². The first-order valence-corrected chi connectivity index (χ1v) is 15.1. The summed E-state index contributed by atoms with van der Waals surface area (Å²) in [5.74, 6) is 0.664. The molecule has 4 aliphatic heterocycles. The molecule has 4 aliphatic rings. The van der Waals surface area contributed by atoms with Gasteiger partial charge in [0.2, 0.25) is 5.88 Å². The van der Waals surface area contributed by atoms with Gasteiger partial charge >= 0.3 is 6.01 Å². The number of terminal acetylenes is 1. The van der Waals surface area contributed by atoms with E-state index in [2.05, 4.69) is 25.7 Å². The molecule has 4 aromatic rings. The molecule has 8 rings (SSSR count). The van der Waals surface area contributed by atoms with Gasteiger partial charge in [0.05, 0.1) is 17.1 Å². The molecule has 11 heteroatoms. The van der Waals surface area contributed by atoms with Gasteiger partial charge in [-0.05, 0) is 62.2 Å². The number of piperidine rings is 1. The van der Waals surface area contributed by atoms with Crippen molar-refractivity contribution >= 4 is 27.5 Å². The molecular formula is C33H29F4N5O2. The van der Waals surface area contributed by atoms with Gasteiger partial charge in [-0.1, -0.05) is 12.0 Å². The van der Waals surface area contributed by atoms with Crippen LogP contribution in [0.15, 0.2) is 24.3 Å². The zero-order valence-electron chi connectivity index (χ0n) is 23.9. The second-order valence-electron chi connectivity index (χ2n) is 12.3. The molecule has 0 aliphatic carbocycles. The molecule has 0 N–H and O–H groups in total. The van der Waals surface area contributed by atoms with Crippen LogP contribution in [0.5, 0.6) is 11.9 Å². The van der Waals surface area contributed by atoms with Gasteiger partial charge in [0.25, 0.3) is 0 Å². The first-order chi connectivity index (χ1) is 21.3. The second kappa shape index (κ2) is 10.2. The Bertz CT molecular complexity index is 1880. The molecule has 2 aromatic carbocycles. The van der Waals surface area contributed by atoms with Gasteiger partial charge in [-0.2, -0.15) is 9.97 Å². The van der Waals surface area contributed by atoms with Gasteiger partial charge in [-0.15, -0.1) is 6.42 Å². The van der Waals surface area contributed by atoms with Crippen molar-refractivity contribution in [2.24, 2.45) is 0 Å². The molecule has 0 radical (unpaired) electrons. The molecule has 3 atom stereocenters. The fourth-order valence-corrected chi connectivity index (χ4v) is 7.67. The lowest BCUT2D eigenvalue weighted by atomic mass is 9.95. The molecule has 6 heterocycles.